The molecule has 2 aromatic carbocycles. The first-order valence-electron chi connectivity index (χ1n) is 9.86. The van der Waals surface area contributed by atoms with Gasteiger partial charge in [0.25, 0.3) is 5.91 Å². The third-order valence-electron chi connectivity index (χ3n) is 5.30. The summed E-state index contributed by atoms with van der Waals surface area (Å²) >= 11 is 0. The molecule has 0 spiro atoms. The van der Waals surface area contributed by atoms with Crippen LogP contribution in [-0.4, -0.2) is 51.2 Å². The van der Waals surface area contributed by atoms with Gasteiger partial charge in [-0.2, -0.15) is 0 Å². The van der Waals surface area contributed by atoms with Gasteiger partial charge in [0.15, 0.2) is 0 Å². The monoisotopic (exact) mass is 409 g/mol. The van der Waals surface area contributed by atoms with E-state index >= 15 is 0 Å². The van der Waals surface area contributed by atoms with Crippen LogP contribution in [0.1, 0.15) is 44.7 Å². The minimum Gasteiger partial charge on any atom is -0.497 e. The first kappa shape index (κ1) is 21.4. The predicted octanol–water partition coefficient (Wildman–Crippen LogP) is 4.12. The highest BCUT2D eigenvalue weighted by Gasteiger charge is 2.23. The summed E-state index contributed by atoms with van der Waals surface area (Å²) in [6, 6.07) is 11.1. The average molecular weight is 409 g/mol. The summed E-state index contributed by atoms with van der Waals surface area (Å²) in [5.74, 6) is 0.582. The molecule has 0 bridgehead atoms. The molecule has 3 rings (SSSR count). The standard InChI is InChI=1S/C24H27NO5/c1-16-5-7-18(8-6-16)23(26)25-11-9-17(10-12-25)13-19-14-20(28-2)15-21(29-3)22(19)24(27)30-4/h5-8,13-15H,9-12H2,1-4H3. The van der Waals surface area contributed by atoms with Crippen molar-refractivity contribution in [3.8, 4) is 11.5 Å². The van der Waals surface area contributed by atoms with Gasteiger partial charge in [-0.15, -0.1) is 0 Å². The number of piperidine rings is 1. The number of benzene rings is 2. The fraction of sp³-hybridized carbons (Fsp3) is 0.333. The number of hydrogen-bond donors (Lipinski definition) is 0. The highest BCUT2D eigenvalue weighted by molar-refractivity contribution is 5.97. The summed E-state index contributed by atoms with van der Waals surface area (Å²) in [7, 11) is 4.42. The maximum atomic E-state index is 12.7. The molecule has 0 atom stereocenters. The lowest BCUT2D eigenvalue weighted by Crippen LogP contribution is -2.36. The Bertz CT molecular complexity index is 952. The van der Waals surface area contributed by atoms with Crippen molar-refractivity contribution in [3.63, 3.8) is 0 Å². The topological polar surface area (TPSA) is 65.1 Å². The van der Waals surface area contributed by atoms with Crippen LogP contribution >= 0.6 is 0 Å². The second-order valence-corrected chi connectivity index (χ2v) is 7.25. The van der Waals surface area contributed by atoms with Crippen molar-refractivity contribution < 1.29 is 23.8 Å². The van der Waals surface area contributed by atoms with Gasteiger partial charge in [-0.25, -0.2) is 4.79 Å². The summed E-state index contributed by atoms with van der Waals surface area (Å²) in [5.41, 5.74) is 4.05. The highest BCUT2D eigenvalue weighted by atomic mass is 16.5. The Kier molecular flexibility index (Phi) is 6.77. The van der Waals surface area contributed by atoms with Crippen LogP contribution < -0.4 is 9.47 Å². The van der Waals surface area contributed by atoms with Crippen molar-refractivity contribution in [2.75, 3.05) is 34.4 Å². The Labute approximate surface area is 177 Å². The summed E-state index contributed by atoms with van der Waals surface area (Å²) in [6.45, 7) is 3.27. The van der Waals surface area contributed by atoms with E-state index in [4.69, 9.17) is 14.2 Å². The first-order chi connectivity index (χ1) is 14.5. The minimum atomic E-state index is -0.465. The lowest BCUT2D eigenvalue weighted by Gasteiger charge is -2.29. The number of amides is 1. The van der Waals surface area contributed by atoms with Gasteiger partial charge in [0, 0.05) is 24.7 Å². The maximum absolute atomic E-state index is 12.7. The average Bonchev–Trinajstić information content (AvgIpc) is 2.78. The summed E-state index contributed by atoms with van der Waals surface area (Å²) in [4.78, 5) is 27.0. The number of rotatable bonds is 5. The number of carbonyl (C=O) groups excluding carboxylic acids is 2. The second-order valence-electron chi connectivity index (χ2n) is 7.25. The largest absolute Gasteiger partial charge is 0.497 e. The molecule has 1 aliphatic heterocycles. The van der Waals surface area contributed by atoms with Crippen molar-refractivity contribution in [2.24, 2.45) is 0 Å². The Morgan fingerprint density at radius 3 is 2.20 bits per heavy atom. The van der Waals surface area contributed by atoms with Gasteiger partial charge in [0.1, 0.15) is 17.1 Å². The molecule has 0 N–H and O–H groups in total. The van der Waals surface area contributed by atoms with Crippen molar-refractivity contribution in [1.29, 1.82) is 0 Å². The number of esters is 1. The molecular formula is C24H27NO5. The Morgan fingerprint density at radius 1 is 0.967 bits per heavy atom. The third kappa shape index (κ3) is 4.64. The smallest absolute Gasteiger partial charge is 0.342 e. The van der Waals surface area contributed by atoms with Gasteiger partial charge in [0.05, 0.1) is 21.3 Å². The number of hydrogen-bond acceptors (Lipinski definition) is 5. The van der Waals surface area contributed by atoms with Gasteiger partial charge in [-0.05, 0) is 43.5 Å². The molecule has 6 nitrogen and oxygen atoms in total. The van der Waals surface area contributed by atoms with E-state index in [-0.39, 0.29) is 5.91 Å². The van der Waals surface area contributed by atoms with Crippen LogP contribution in [0.2, 0.25) is 0 Å². The van der Waals surface area contributed by atoms with E-state index in [1.165, 1.54) is 14.2 Å². The highest BCUT2D eigenvalue weighted by Crippen LogP contribution is 2.32. The SMILES string of the molecule is COC(=O)c1c(C=C2CCN(C(=O)c3ccc(C)cc3)CC2)cc(OC)cc1OC. The summed E-state index contributed by atoms with van der Waals surface area (Å²) in [5, 5.41) is 0. The van der Waals surface area contributed by atoms with E-state index in [9.17, 15) is 9.59 Å². The number of carbonyl (C=O) groups is 2. The van der Waals surface area contributed by atoms with Crippen molar-refractivity contribution in [2.45, 2.75) is 19.8 Å². The zero-order valence-corrected chi connectivity index (χ0v) is 17.9. The lowest BCUT2D eigenvalue weighted by atomic mass is 9.97. The van der Waals surface area contributed by atoms with Crippen LogP contribution in [0.25, 0.3) is 6.08 Å². The molecule has 158 valence electrons. The fourth-order valence-corrected chi connectivity index (χ4v) is 3.56. The quantitative estimate of drug-likeness (QED) is 0.695. The molecule has 30 heavy (non-hydrogen) atoms. The molecule has 6 heteroatoms. The predicted molar refractivity (Wildman–Crippen MR) is 115 cm³/mol. The van der Waals surface area contributed by atoms with Crippen LogP contribution in [0.3, 0.4) is 0 Å². The van der Waals surface area contributed by atoms with Gasteiger partial charge >= 0.3 is 5.97 Å². The molecular weight excluding hydrogens is 382 g/mol. The molecule has 0 aliphatic carbocycles. The fourth-order valence-electron chi connectivity index (χ4n) is 3.56. The molecule has 0 unspecified atom stereocenters. The van der Waals surface area contributed by atoms with E-state index in [1.54, 1.807) is 19.2 Å². The van der Waals surface area contributed by atoms with Crippen LogP contribution in [0.15, 0.2) is 42.0 Å². The van der Waals surface area contributed by atoms with Crippen LogP contribution in [-0.2, 0) is 4.74 Å². The van der Waals surface area contributed by atoms with E-state index < -0.39 is 5.97 Å². The minimum absolute atomic E-state index is 0.0485. The van der Waals surface area contributed by atoms with Gasteiger partial charge in [-0.3, -0.25) is 4.79 Å². The van der Waals surface area contributed by atoms with E-state index in [0.29, 0.717) is 41.3 Å². The molecule has 0 aromatic heterocycles. The molecule has 1 fully saturated rings. The molecule has 0 saturated carbocycles. The van der Waals surface area contributed by atoms with Crippen LogP contribution in [0, 0.1) is 6.92 Å². The molecule has 0 radical (unpaired) electrons. The van der Waals surface area contributed by atoms with Crippen molar-refractivity contribution in [3.05, 3.63) is 64.2 Å². The van der Waals surface area contributed by atoms with Crippen LogP contribution in [0.5, 0.6) is 11.5 Å². The van der Waals surface area contributed by atoms with Crippen LogP contribution in [0.4, 0.5) is 0 Å². The van der Waals surface area contributed by atoms with Gasteiger partial charge in [0.2, 0.25) is 0 Å². The lowest BCUT2D eigenvalue weighted by molar-refractivity contribution is 0.0596. The molecule has 1 heterocycles. The number of methoxy groups -OCH3 is 3. The van der Waals surface area contributed by atoms with Gasteiger partial charge < -0.3 is 19.1 Å². The van der Waals surface area contributed by atoms with E-state index in [2.05, 4.69) is 0 Å². The number of likely N-dealkylation sites (tertiary alicyclic amines) is 1. The first-order valence-corrected chi connectivity index (χ1v) is 9.86. The Balaban J connectivity index is 1.81. The molecule has 1 amide bonds. The molecule has 1 saturated heterocycles. The number of aryl methyl sites for hydroxylation is 1. The third-order valence-corrected chi connectivity index (χ3v) is 5.30. The normalized spacial score (nSPS) is 13.6. The summed E-state index contributed by atoms with van der Waals surface area (Å²) < 4.78 is 15.7. The van der Waals surface area contributed by atoms with E-state index in [1.807, 2.05) is 42.2 Å². The maximum Gasteiger partial charge on any atom is 0.342 e. The van der Waals surface area contributed by atoms with E-state index in [0.717, 1.165) is 24.0 Å². The molecule has 2 aromatic rings. The van der Waals surface area contributed by atoms with Crippen molar-refractivity contribution >= 4 is 18.0 Å². The summed E-state index contributed by atoms with van der Waals surface area (Å²) in [6.07, 6.45) is 3.44. The Hall–Kier alpha value is -3.28. The zero-order chi connectivity index (χ0) is 21.7. The van der Waals surface area contributed by atoms with Crippen molar-refractivity contribution in [1.82, 2.24) is 4.90 Å². The van der Waals surface area contributed by atoms with Gasteiger partial charge in [-0.1, -0.05) is 29.3 Å². The second kappa shape index (κ2) is 9.48. The molecule has 1 aliphatic rings. The number of ether oxygens (including phenoxy) is 3. The Morgan fingerprint density at radius 2 is 1.63 bits per heavy atom. The number of nitrogens with zero attached hydrogens (tertiary/aromatic N) is 1. The zero-order valence-electron chi connectivity index (χ0n) is 17.9.